The van der Waals surface area contributed by atoms with E-state index in [-0.39, 0.29) is 4.90 Å². The molecule has 0 bridgehead atoms. The van der Waals surface area contributed by atoms with Crippen LogP contribution in [-0.2, 0) is 16.4 Å². The number of fused-ring (bicyclic) bond motifs is 1. The summed E-state index contributed by atoms with van der Waals surface area (Å²) < 4.78 is 33.9. The van der Waals surface area contributed by atoms with Crippen molar-refractivity contribution in [3.63, 3.8) is 0 Å². The lowest BCUT2D eigenvalue weighted by Crippen LogP contribution is -2.43. The summed E-state index contributed by atoms with van der Waals surface area (Å²) in [5, 5.41) is 5.14. The SMILES string of the molecule is Cc1[nH]c2ccc(Cl)cc2c1CCCNS(=O)(=O)c1ccc(OCCCN2CCNCC2)cc1. The number of rotatable bonds is 11. The lowest BCUT2D eigenvalue weighted by molar-refractivity contribution is 0.214. The molecule has 184 valence electrons. The average molecular weight is 505 g/mol. The van der Waals surface area contributed by atoms with E-state index in [1.807, 2.05) is 25.1 Å². The fraction of sp³-hybridized carbons (Fsp3) is 0.440. The zero-order valence-electron chi connectivity index (χ0n) is 19.6. The van der Waals surface area contributed by atoms with Gasteiger partial charge in [-0.2, -0.15) is 0 Å². The Morgan fingerprint density at radius 2 is 1.85 bits per heavy atom. The first-order valence-corrected chi connectivity index (χ1v) is 13.7. The molecule has 0 saturated carbocycles. The molecular weight excluding hydrogens is 472 g/mol. The maximum atomic E-state index is 12.7. The van der Waals surface area contributed by atoms with Crippen molar-refractivity contribution in [3.05, 3.63) is 58.7 Å². The van der Waals surface area contributed by atoms with Crippen LogP contribution in [0.4, 0.5) is 0 Å². The summed E-state index contributed by atoms with van der Waals surface area (Å²) in [6, 6.07) is 12.4. The highest BCUT2D eigenvalue weighted by Crippen LogP contribution is 2.26. The van der Waals surface area contributed by atoms with Crippen LogP contribution in [0.5, 0.6) is 5.75 Å². The van der Waals surface area contributed by atoms with Gasteiger partial charge in [-0.05, 0) is 74.2 Å². The Morgan fingerprint density at radius 3 is 2.62 bits per heavy atom. The molecule has 3 N–H and O–H groups in total. The van der Waals surface area contributed by atoms with E-state index in [2.05, 4.69) is 19.9 Å². The van der Waals surface area contributed by atoms with E-state index in [0.717, 1.165) is 62.2 Å². The van der Waals surface area contributed by atoms with E-state index < -0.39 is 10.0 Å². The second-order valence-electron chi connectivity index (χ2n) is 8.68. The summed E-state index contributed by atoms with van der Waals surface area (Å²) in [6.07, 6.45) is 2.40. The Balaban J connectivity index is 1.22. The van der Waals surface area contributed by atoms with Gasteiger partial charge in [0.2, 0.25) is 10.0 Å². The standard InChI is InChI=1S/C25H33ClN4O3S/c1-19-23(24-18-20(26)5-10-25(24)29-19)4-2-11-28-34(31,32)22-8-6-21(7-9-22)33-17-3-14-30-15-12-27-13-16-30/h5-10,18,27-29H,2-4,11-17H2,1H3. The Kier molecular flexibility index (Phi) is 8.50. The third-order valence-corrected chi connectivity index (χ3v) is 7.92. The topological polar surface area (TPSA) is 86.5 Å². The summed E-state index contributed by atoms with van der Waals surface area (Å²) in [4.78, 5) is 6.04. The molecule has 1 saturated heterocycles. The molecule has 0 amide bonds. The number of aromatic amines is 1. The third-order valence-electron chi connectivity index (χ3n) is 6.21. The fourth-order valence-electron chi connectivity index (χ4n) is 4.36. The van der Waals surface area contributed by atoms with Gasteiger partial charge in [-0.25, -0.2) is 13.1 Å². The van der Waals surface area contributed by atoms with Gasteiger partial charge in [0.1, 0.15) is 5.75 Å². The maximum absolute atomic E-state index is 12.7. The molecule has 1 aliphatic heterocycles. The molecule has 0 aliphatic carbocycles. The van der Waals surface area contributed by atoms with Crippen molar-refractivity contribution in [3.8, 4) is 5.75 Å². The first-order valence-electron chi connectivity index (χ1n) is 11.8. The zero-order chi connectivity index (χ0) is 24.0. The minimum atomic E-state index is -3.56. The molecule has 1 fully saturated rings. The van der Waals surface area contributed by atoms with Crippen LogP contribution in [-0.4, -0.2) is 64.2 Å². The number of aryl methyl sites for hydroxylation is 2. The molecule has 2 heterocycles. The first-order chi connectivity index (χ1) is 16.4. The van der Waals surface area contributed by atoms with E-state index in [1.165, 1.54) is 5.56 Å². The molecule has 2 aromatic carbocycles. The van der Waals surface area contributed by atoms with E-state index >= 15 is 0 Å². The molecule has 34 heavy (non-hydrogen) atoms. The van der Waals surface area contributed by atoms with Crippen molar-refractivity contribution < 1.29 is 13.2 Å². The van der Waals surface area contributed by atoms with Crippen molar-refractivity contribution in [2.45, 2.75) is 31.1 Å². The number of nitrogens with zero attached hydrogens (tertiary/aromatic N) is 1. The van der Waals surface area contributed by atoms with Crippen molar-refractivity contribution in [1.82, 2.24) is 19.9 Å². The molecule has 0 atom stereocenters. The van der Waals surface area contributed by atoms with Gasteiger partial charge in [-0.1, -0.05) is 11.6 Å². The van der Waals surface area contributed by atoms with E-state index in [0.29, 0.717) is 30.3 Å². The molecule has 3 aromatic rings. The minimum Gasteiger partial charge on any atom is -0.494 e. The molecule has 9 heteroatoms. The van der Waals surface area contributed by atoms with Crippen LogP contribution in [0.3, 0.4) is 0 Å². The van der Waals surface area contributed by atoms with E-state index in [9.17, 15) is 8.42 Å². The Labute approximate surface area is 206 Å². The third kappa shape index (κ3) is 6.52. The number of sulfonamides is 1. The predicted octanol–water partition coefficient (Wildman–Crippen LogP) is 3.71. The largest absolute Gasteiger partial charge is 0.494 e. The van der Waals surface area contributed by atoms with Crippen LogP contribution in [0.25, 0.3) is 10.9 Å². The molecule has 0 spiro atoms. The van der Waals surface area contributed by atoms with Gasteiger partial charge < -0.3 is 19.9 Å². The molecule has 7 nitrogen and oxygen atoms in total. The number of ether oxygens (including phenoxy) is 1. The number of piperazine rings is 1. The molecular formula is C25H33ClN4O3S. The number of nitrogens with one attached hydrogen (secondary N) is 3. The second-order valence-corrected chi connectivity index (χ2v) is 10.9. The lowest BCUT2D eigenvalue weighted by Gasteiger charge is -2.26. The highest BCUT2D eigenvalue weighted by atomic mass is 35.5. The van der Waals surface area contributed by atoms with Crippen LogP contribution in [0, 0.1) is 6.92 Å². The van der Waals surface area contributed by atoms with Crippen LogP contribution in [0.2, 0.25) is 5.02 Å². The molecule has 1 aromatic heterocycles. The van der Waals surface area contributed by atoms with Crippen LogP contribution < -0.4 is 14.8 Å². The van der Waals surface area contributed by atoms with E-state index in [1.54, 1.807) is 24.3 Å². The van der Waals surface area contributed by atoms with Gasteiger partial charge in [0.25, 0.3) is 0 Å². The summed E-state index contributed by atoms with van der Waals surface area (Å²) in [7, 11) is -3.56. The maximum Gasteiger partial charge on any atom is 0.240 e. The van der Waals surface area contributed by atoms with Gasteiger partial charge in [-0.3, -0.25) is 0 Å². The summed E-state index contributed by atoms with van der Waals surface area (Å²) in [5.74, 6) is 0.688. The summed E-state index contributed by atoms with van der Waals surface area (Å²) in [6.45, 7) is 8.27. The highest BCUT2D eigenvalue weighted by molar-refractivity contribution is 7.89. The van der Waals surface area contributed by atoms with Crippen LogP contribution in [0.15, 0.2) is 47.4 Å². The Bertz CT molecular complexity index is 1190. The van der Waals surface area contributed by atoms with Crippen molar-refractivity contribution >= 4 is 32.5 Å². The fourth-order valence-corrected chi connectivity index (χ4v) is 5.61. The number of H-pyrrole nitrogens is 1. The smallest absolute Gasteiger partial charge is 0.240 e. The average Bonchev–Trinajstić information content (AvgIpc) is 3.14. The second kappa shape index (κ2) is 11.6. The highest BCUT2D eigenvalue weighted by Gasteiger charge is 2.15. The number of benzene rings is 2. The van der Waals surface area contributed by atoms with Crippen molar-refractivity contribution in [2.75, 3.05) is 45.9 Å². The molecule has 0 radical (unpaired) electrons. The number of hydrogen-bond donors (Lipinski definition) is 3. The van der Waals surface area contributed by atoms with Gasteiger partial charge in [-0.15, -0.1) is 0 Å². The van der Waals surface area contributed by atoms with Crippen molar-refractivity contribution in [1.29, 1.82) is 0 Å². The van der Waals surface area contributed by atoms with E-state index in [4.69, 9.17) is 16.3 Å². The monoisotopic (exact) mass is 504 g/mol. The van der Waals surface area contributed by atoms with Crippen LogP contribution >= 0.6 is 11.6 Å². The van der Waals surface area contributed by atoms with Gasteiger partial charge in [0.15, 0.2) is 0 Å². The molecule has 1 aliphatic rings. The molecule has 0 unspecified atom stereocenters. The van der Waals surface area contributed by atoms with Gasteiger partial charge in [0, 0.05) is 60.9 Å². The van der Waals surface area contributed by atoms with Crippen LogP contribution in [0.1, 0.15) is 24.1 Å². The minimum absolute atomic E-state index is 0.246. The van der Waals surface area contributed by atoms with Gasteiger partial charge in [0.05, 0.1) is 11.5 Å². The number of halogens is 1. The van der Waals surface area contributed by atoms with Gasteiger partial charge >= 0.3 is 0 Å². The predicted molar refractivity (Wildman–Crippen MR) is 137 cm³/mol. The normalized spacial score (nSPS) is 15.1. The quantitative estimate of drug-likeness (QED) is 0.346. The van der Waals surface area contributed by atoms with Crippen molar-refractivity contribution in [2.24, 2.45) is 0 Å². The summed E-state index contributed by atoms with van der Waals surface area (Å²) >= 11 is 6.15. The number of aromatic nitrogens is 1. The first kappa shape index (κ1) is 25.0. The lowest BCUT2D eigenvalue weighted by atomic mass is 10.1. The Morgan fingerprint density at radius 1 is 1.09 bits per heavy atom. The number of hydrogen-bond acceptors (Lipinski definition) is 5. The zero-order valence-corrected chi connectivity index (χ0v) is 21.1. The molecule has 4 rings (SSSR count). The summed E-state index contributed by atoms with van der Waals surface area (Å²) in [5.41, 5.74) is 3.31. The Hall–Kier alpha value is -2.10.